The minimum atomic E-state index is -3.09. The van der Waals surface area contributed by atoms with E-state index in [0.717, 1.165) is 27.9 Å². The molecule has 2 atom stereocenters. The number of aryl methyl sites for hydroxylation is 1. The SMILES string of the molecule is Cc1[nH]c2ccccc2c1-c1csc(NC(=O)C2CC(=O)N(C3CCS(=O)(=O)C3)C2)n1. The van der Waals surface area contributed by atoms with E-state index in [2.05, 4.69) is 15.3 Å². The third-order valence-corrected chi connectivity index (χ3v) is 8.57. The van der Waals surface area contributed by atoms with Crippen molar-refractivity contribution in [2.24, 2.45) is 5.92 Å². The van der Waals surface area contributed by atoms with Crippen LogP contribution in [0.15, 0.2) is 29.6 Å². The van der Waals surface area contributed by atoms with Crippen LogP contribution < -0.4 is 5.32 Å². The molecule has 2 aliphatic heterocycles. The predicted molar refractivity (Wildman–Crippen MR) is 120 cm³/mol. The standard InChI is InChI=1S/C21H22N4O4S2/c1-12-19(15-4-2-3-5-16(15)22-12)17-10-30-21(23-17)24-20(27)13-8-18(26)25(9-13)14-6-7-31(28,29)11-14/h2-5,10,13-14,22H,6-9,11H2,1H3,(H,23,24,27). The molecule has 2 amide bonds. The number of hydrogen-bond donors (Lipinski definition) is 2. The van der Waals surface area contributed by atoms with Gasteiger partial charge in [0.15, 0.2) is 15.0 Å². The number of aromatic nitrogens is 2. The topological polar surface area (TPSA) is 112 Å². The molecule has 3 aromatic rings. The number of amides is 2. The highest BCUT2D eigenvalue weighted by molar-refractivity contribution is 7.91. The lowest BCUT2D eigenvalue weighted by molar-refractivity contribution is -0.129. The Hall–Kier alpha value is -2.72. The number of rotatable bonds is 4. The highest BCUT2D eigenvalue weighted by Crippen LogP contribution is 2.34. The number of nitrogens with zero attached hydrogens (tertiary/aromatic N) is 2. The first kappa shape index (κ1) is 20.2. The maximum atomic E-state index is 12.8. The molecule has 0 aliphatic carbocycles. The largest absolute Gasteiger partial charge is 0.358 e. The summed E-state index contributed by atoms with van der Waals surface area (Å²) >= 11 is 1.34. The number of thiazole rings is 1. The van der Waals surface area contributed by atoms with Gasteiger partial charge in [0, 0.05) is 46.5 Å². The van der Waals surface area contributed by atoms with Crippen LogP contribution >= 0.6 is 11.3 Å². The fraction of sp³-hybridized carbons (Fsp3) is 0.381. The zero-order valence-electron chi connectivity index (χ0n) is 16.9. The third kappa shape index (κ3) is 3.74. The Bertz CT molecular complexity index is 1290. The summed E-state index contributed by atoms with van der Waals surface area (Å²) in [6.07, 6.45) is 0.546. The van der Waals surface area contributed by atoms with E-state index in [-0.39, 0.29) is 42.3 Å². The van der Waals surface area contributed by atoms with Gasteiger partial charge in [0.05, 0.1) is 23.1 Å². The maximum absolute atomic E-state index is 12.8. The lowest BCUT2D eigenvalue weighted by Gasteiger charge is -2.22. The molecule has 1 aromatic carbocycles. The van der Waals surface area contributed by atoms with Crippen molar-refractivity contribution in [1.82, 2.24) is 14.9 Å². The van der Waals surface area contributed by atoms with Gasteiger partial charge in [0.1, 0.15) is 0 Å². The molecule has 4 heterocycles. The van der Waals surface area contributed by atoms with Crippen molar-refractivity contribution < 1.29 is 18.0 Å². The van der Waals surface area contributed by atoms with Crippen molar-refractivity contribution in [3.05, 3.63) is 35.3 Å². The van der Waals surface area contributed by atoms with Crippen molar-refractivity contribution in [3.8, 4) is 11.3 Å². The monoisotopic (exact) mass is 458 g/mol. The van der Waals surface area contributed by atoms with Gasteiger partial charge < -0.3 is 15.2 Å². The molecule has 2 unspecified atom stereocenters. The Morgan fingerprint density at radius 1 is 1.32 bits per heavy atom. The third-order valence-electron chi connectivity index (χ3n) is 6.06. The smallest absolute Gasteiger partial charge is 0.231 e. The van der Waals surface area contributed by atoms with E-state index in [1.807, 2.05) is 36.6 Å². The average molecular weight is 459 g/mol. The van der Waals surface area contributed by atoms with Crippen molar-refractivity contribution in [2.75, 3.05) is 23.4 Å². The zero-order valence-corrected chi connectivity index (χ0v) is 18.6. The number of sulfone groups is 1. The molecule has 10 heteroatoms. The van der Waals surface area contributed by atoms with E-state index < -0.39 is 15.8 Å². The molecule has 0 bridgehead atoms. The molecule has 0 spiro atoms. The van der Waals surface area contributed by atoms with Crippen LogP contribution in [-0.2, 0) is 19.4 Å². The zero-order chi connectivity index (χ0) is 21.8. The van der Waals surface area contributed by atoms with Gasteiger partial charge in [-0.1, -0.05) is 18.2 Å². The van der Waals surface area contributed by atoms with E-state index in [1.54, 1.807) is 4.90 Å². The number of hydrogen-bond acceptors (Lipinski definition) is 6. The van der Waals surface area contributed by atoms with Gasteiger partial charge in [-0.3, -0.25) is 9.59 Å². The molecular formula is C21H22N4O4S2. The number of aromatic amines is 1. The number of H-pyrrole nitrogens is 1. The molecule has 2 fully saturated rings. The van der Waals surface area contributed by atoms with Crippen LogP contribution in [0.2, 0.25) is 0 Å². The summed E-state index contributed by atoms with van der Waals surface area (Å²) in [6, 6.07) is 7.69. The Kier molecular flexibility index (Phi) is 4.86. The molecule has 2 aromatic heterocycles. The van der Waals surface area contributed by atoms with Crippen LogP contribution in [0, 0.1) is 12.8 Å². The molecule has 31 heavy (non-hydrogen) atoms. The first-order valence-corrected chi connectivity index (χ1v) is 12.8. The molecule has 2 aliphatic rings. The number of likely N-dealkylation sites (tertiary alicyclic amines) is 1. The van der Waals surface area contributed by atoms with E-state index in [9.17, 15) is 18.0 Å². The highest BCUT2D eigenvalue weighted by atomic mass is 32.2. The van der Waals surface area contributed by atoms with Crippen molar-refractivity contribution in [1.29, 1.82) is 0 Å². The minimum Gasteiger partial charge on any atom is -0.358 e. The van der Waals surface area contributed by atoms with Crippen LogP contribution in [0.4, 0.5) is 5.13 Å². The Morgan fingerprint density at radius 2 is 2.13 bits per heavy atom. The number of carbonyl (C=O) groups is 2. The molecular weight excluding hydrogens is 436 g/mol. The molecule has 2 N–H and O–H groups in total. The van der Waals surface area contributed by atoms with Gasteiger partial charge in [-0.25, -0.2) is 13.4 Å². The van der Waals surface area contributed by atoms with Gasteiger partial charge in [-0.05, 0) is 19.4 Å². The molecule has 2 saturated heterocycles. The van der Waals surface area contributed by atoms with Crippen LogP contribution in [0.5, 0.6) is 0 Å². The van der Waals surface area contributed by atoms with Crippen molar-refractivity contribution in [3.63, 3.8) is 0 Å². The summed E-state index contributed by atoms with van der Waals surface area (Å²) in [5, 5.41) is 6.31. The van der Waals surface area contributed by atoms with E-state index in [1.165, 1.54) is 11.3 Å². The second-order valence-corrected chi connectivity index (χ2v) is 11.3. The lowest BCUT2D eigenvalue weighted by Crippen LogP contribution is -2.38. The number of fused-ring (bicyclic) bond motifs is 1. The van der Waals surface area contributed by atoms with Gasteiger partial charge in [-0.2, -0.15) is 0 Å². The van der Waals surface area contributed by atoms with Crippen LogP contribution in [0.3, 0.4) is 0 Å². The highest BCUT2D eigenvalue weighted by Gasteiger charge is 2.42. The number of anilines is 1. The average Bonchev–Trinajstić information content (AvgIpc) is 3.47. The molecule has 8 nitrogen and oxygen atoms in total. The fourth-order valence-electron chi connectivity index (χ4n) is 4.54. The summed E-state index contributed by atoms with van der Waals surface area (Å²) in [7, 11) is -3.09. The molecule has 5 rings (SSSR count). The van der Waals surface area contributed by atoms with E-state index >= 15 is 0 Å². The van der Waals surface area contributed by atoms with E-state index in [0.29, 0.717) is 11.6 Å². The quantitative estimate of drug-likeness (QED) is 0.624. The Labute approximate surface area is 183 Å². The number of carbonyl (C=O) groups excluding carboxylic acids is 2. The predicted octanol–water partition coefficient (Wildman–Crippen LogP) is 2.57. The normalized spacial score (nSPS) is 23.0. The summed E-state index contributed by atoms with van der Waals surface area (Å²) in [5.74, 6) is -0.817. The van der Waals surface area contributed by atoms with Crippen molar-refractivity contribution in [2.45, 2.75) is 25.8 Å². The van der Waals surface area contributed by atoms with Crippen LogP contribution in [-0.4, -0.2) is 59.2 Å². The van der Waals surface area contributed by atoms with Crippen LogP contribution in [0.25, 0.3) is 22.2 Å². The summed E-state index contributed by atoms with van der Waals surface area (Å²) in [5.41, 5.74) is 3.84. The second kappa shape index (κ2) is 7.45. The second-order valence-electron chi connectivity index (χ2n) is 8.20. The minimum absolute atomic E-state index is 0.00705. The van der Waals surface area contributed by atoms with Gasteiger partial charge in [0.25, 0.3) is 0 Å². The summed E-state index contributed by atoms with van der Waals surface area (Å²) in [4.78, 5) is 34.7. The number of benzene rings is 1. The summed E-state index contributed by atoms with van der Waals surface area (Å²) < 4.78 is 23.5. The summed E-state index contributed by atoms with van der Waals surface area (Å²) in [6.45, 7) is 2.25. The first-order chi connectivity index (χ1) is 14.8. The number of para-hydroxylation sites is 1. The van der Waals surface area contributed by atoms with Gasteiger partial charge in [-0.15, -0.1) is 11.3 Å². The van der Waals surface area contributed by atoms with Crippen molar-refractivity contribution >= 4 is 49.0 Å². The number of nitrogens with one attached hydrogen (secondary N) is 2. The Balaban J connectivity index is 1.29. The maximum Gasteiger partial charge on any atom is 0.231 e. The lowest BCUT2D eigenvalue weighted by atomic mass is 10.1. The first-order valence-electron chi connectivity index (χ1n) is 10.1. The molecule has 0 radical (unpaired) electrons. The fourth-order valence-corrected chi connectivity index (χ4v) is 6.98. The Morgan fingerprint density at radius 3 is 2.90 bits per heavy atom. The van der Waals surface area contributed by atoms with E-state index in [4.69, 9.17) is 0 Å². The molecule has 0 saturated carbocycles. The van der Waals surface area contributed by atoms with Gasteiger partial charge >= 0.3 is 0 Å². The van der Waals surface area contributed by atoms with Crippen LogP contribution in [0.1, 0.15) is 18.5 Å². The molecule has 162 valence electrons. The van der Waals surface area contributed by atoms with Gasteiger partial charge in [0.2, 0.25) is 11.8 Å².